The molecule has 0 saturated carbocycles. The average molecular weight is 462 g/mol. The standard InChI is InChI=1S/C24H19N3O3S2/c28-21(29)9-7-15-11-25-23-22(15)17-10-14(6-8-18(17)27-24(23)30)19-12-32-20(26-19)13-31-16-4-2-1-3-5-16/h1-6,8,10-12,25H,7,9,13H2,(H,27,30)(H,28,29). The van der Waals surface area contributed by atoms with Gasteiger partial charge in [-0.1, -0.05) is 24.3 Å². The Morgan fingerprint density at radius 2 is 2.00 bits per heavy atom. The number of hydrogen-bond donors (Lipinski definition) is 3. The van der Waals surface area contributed by atoms with Crippen molar-refractivity contribution in [3.05, 3.63) is 81.0 Å². The number of carboxylic acid groups (broad SMARTS) is 1. The van der Waals surface area contributed by atoms with Gasteiger partial charge in [-0.3, -0.25) is 9.59 Å². The van der Waals surface area contributed by atoms with Crippen molar-refractivity contribution in [2.75, 3.05) is 0 Å². The maximum absolute atomic E-state index is 12.5. The fourth-order valence-corrected chi connectivity index (χ4v) is 5.51. The van der Waals surface area contributed by atoms with Crippen molar-refractivity contribution >= 4 is 50.9 Å². The number of benzene rings is 2. The maximum atomic E-state index is 12.5. The number of carboxylic acids is 1. The van der Waals surface area contributed by atoms with Crippen LogP contribution in [0.4, 0.5) is 0 Å². The Hall–Kier alpha value is -3.36. The number of thioether (sulfide) groups is 1. The van der Waals surface area contributed by atoms with Crippen LogP contribution < -0.4 is 5.56 Å². The predicted octanol–water partition coefficient (Wildman–Crippen LogP) is 5.44. The molecule has 32 heavy (non-hydrogen) atoms. The zero-order chi connectivity index (χ0) is 22.1. The molecule has 3 heterocycles. The second-order valence-corrected chi connectivity index (χ2v) is 9.39. The van der Waals surface area contributed by atoms with Gasteiger partial charge in [0, 0.05) is 44.7 Å². The number of nitrogens with one attached hydrogen (secondary N) is 2. The van der Waals surface area contributed by atoms with Crippen LogP contribution in [0.3, 0.4) is 0 Å². The molecule has 160 valence electrons. The lowest BCUT2D eigenvalue weighted by molar-refractivity contribution is -0.136. The number of nitrogens with zero attached hydrogens (tertiary/aromatic N) is 1. The second kappa shape index (κ2) is 8.64. The molecule has 3 N–H and O–H groups in total. The Bertz CT molecular complexity index is 1490. The van der Waals surface area contributed by atoms with Crippen LogP contribution in [-0.4, -0.2) is 26.0 Å². The highest BCUT2D eigenvalue weighted by molar-refractivity contribution is 7.98. The summed E-state index contributed by atoms with van der Waals surface area (Å²) in [4.78, 5) is 35.5. The van der Waals surface area contributed by atoms with E-state index in [2.05, 4.69) is 22.1 Å². The lowest BCUT2D eigenvalue weighted by atomic mass is 10.0. The molecule has 0 aliphatic heterocycles. The lowest BCUT2D eigenvalue weighted by Gasteiger charge is -2.05. The molecule has 8 heteroatoms. The van der Waals surface area contributed by atoms with Gasteiger partial charge in [0.15, 0.2) is 0 Å². The first-order chi connectivity index (χ1) is 15.6. The zero-order valence-corrected chi connectivity index (χ0v) is 18.6. The summed E-state index contributed by atoms with van der Waals surface area (Å²) < 4.78 is 0. The van der Waals surface area contributed by atoms with E-state index in [1.165, 1.54) is 4.90 Å². The first-order valence-corrected chi connectivity index (χ1v) is 12.0. The van der Waals surface area contributed by atoms with Gasteiger partial charge in [0.1, 0.15) is 10.5 Å². The highest BCUT2D eigenvalue weighted by Gasteiger charge is 2.14. The molecule has 0 radical (unpaired) electrons. The van der Waals surface area contributed by atoms with E-state index < -0.39 is 5.97 Å². The van der Waals surface area contributed by atoms with Gasteiger partial charge >= 0.3 is 5.97 Å². The van der Waals surface area contributed by atoms with Crippen LogP contribution in [0, 0.1) is 0 Å². The molecular formula is C24H19N3O3S2. The third kappa shape index (κ3) is 4.06. The molecule has 0 aliphatic carbocycles. The van der Waals surface area contributed by atoms with Crippen molar-refractivity contribution in [1.29, 1.82) is 0 Å². The summed E-state index contributed by atoms with van der Waals surface area (Å²) in [6, 6.07) is 16.1. The molecule has 0 bridgehead atoms. The van der Waals surface area contributed by atoms with Crippen LogP contribution >= 0.6 is 23.1 Å². The van der Waals surface area contributed by atoms with E-state index >= 15 is 0 Å². The number of thiazole rings is 1. The molecule has 2 aromatic carbocycles. The summed E-state index contributed by atoms with van der Waals surface area (Å²) in [5.74, 6) is -0.0608. The smallest absolute Gasteiger partial charge is 0.303 e. The Kier molecular flexibility index (Phi) is 5.55. The van der Waals surface area contributed by atoms with Crippen LogP contribution in [0.15, 0.2) is 69.8 Å². The molecular weight excluding hydrogens is 442 g/mol. The van der Waals surface area contributed by atoms with Crippen LogP contribution in [0.2, 0.25) is 0 Å². The quantitative estimate of drug-likeness (QED) is 0.280. The molecule has 6 nitrogen and oxygen atoms in total. The zero-order valence-electron chi connectivity index (χ0n) is 16.9. The van der Waals surface area contributed by atoms with Crippen molar-refractivity contribution in [3.8, 4) is 11.3 Å². The van der Waals surface area contributed by atoms with E-state index in [9.17, 15) is 9.59 Å². The predicted molar refractivity (Wildman–Crippen MR) is 129 cm³/mol. The number of carbonyl (C=O) groups is 1. The van der Waals surface area contributed by atoms with Crippen molar-refractivity contribution in [1.82, 2.24) is 15.0 Å². The molecule has 0 aliphatic rings. The minimum Gasteiger partial charge on any atom is -0.481 e. The number of aromatic nitrogens is 3. The van der Waals surface area contributed by atoms with Crippen molar-refractivity contribution < 1.29 is 9.90 Å². The number of aryl methyl sites for hydroxylation is 1. The number of aromatic amines is 2. The molecule has 3 aromatic heterocycles. The molecule has 0 fully saturated rings. The van der Waals surface area contributed by atoms with Crippen LogP contribution in [0.1, 0.15) is 17.0 Å². The van der Waals surface area contributed by atoms with E-state index in [1.807, 2.05) is 41.8 Å². The molecule has 0 saturated heterocycles. The fourth-order valence-electron chi connectivity index (χ4n) is 3.77. The van der Waals surface area contributed by atoms with Crippen LogP contribution in [0.5, 0.6) is 0 Å². The summed E-state index contributed by atoms with van der Waals surface area (Å²) in [7, 11) is 0. The van der Waals surface area contributed by atoms with E-state index in [-0.39, 0.29) is 12.0 Å². The summed E-state index contributed by atoms with van der Waals surface area (Å²) in [6.07, 6.45) is 2.10. The summed E-state index contributed by atoms with van der Waals surface area (Å²) in [6.45, 7) is 0. The number of rotatable bonds is 7. The molecule has 0 unspecified atom stereocenters. The lowest BCUT2D eigenvalue weighted by Crippen LogP contribution is -2.06. The minimum atomic E-state index is -0.863. The van der Waals surface area contributed by atoms with Crippen molar-refractivity contribution in [3.63, 3.8) is 0 Å². The van der Waals surface area contributed by atoms with E-state index in [1.54, 1.807) is 29.3 Å². The Labute approximate surface area is 191 Å². The number of fused-ring (bicyclic) bond motifs is 3. The molecule has 0 amide bonds. The van der Waals surface area contributed by atoms with Crippen molar-refractivity contribution in [2.24, 2.45) is 0 Å². The summed E-state index contributed by atoms with van der Waals surface area (Å²) in [5, 5.41) is 13.8. The van der Waals surface area contributed by atoms with Crippen molar-refractivity contribution in [2.45, 2.75) is 23.5 Å². The first-order valence-electron chi connectivity index (χ1n) is 10.1. The summed E-state index contributed by atoms with van der Waals surface area (Å²) in [5.41, 5.74) is 3.65. The SMILES string of the molecule is O=C(O)CCc1c[nH]c2c(=O)[nH]c3ccc(-c4csc(CSc5ccccc5)n4)cc3c12. The van der Waals surface area contributed by atoms with Gasteiger partial charge < -0.3 is 15.1 Å². The fraction of sp³-hybridized carbons (Fsp3) is 0.125. The normalized spacial score (nSPS) is 11.4. The molecule has 5 aromatic rings. The second-order valence-electron chi connectivity index (χ2n) is 7.40. The van der Waals surface area contributed by atoms with E-state index in [0.717, 1.165) is 43.9 Å². The van der Waals surface area contributed by atoms with Gasteiger partial charge in [-0.25, -0.2) is 4.98 Å². The Morgan fingerprint density at radius 3 is 2.81 bits per heavy atom. The first kappa shape index (κ1) is 20.5. The minimum absolute atomic E-state index is 0.00939. The van der Waals surface area contributed by atoms with Crippen LogP contribution in [-0.2, 0) is 17.0 Å². The third-order valence-electron chi connectivity index (χ3n) is 5.29. The average Bonchev–Trinajstić information content (AvgIpc) is 3.45. The monoisotopic (exact) mass is 461 g/mol. The number of aliphatic carboxylic acids is 1. The molecule has 0 spiro atoms. The van der Waals surface area contributed by atoms with Crippen LogP contribution in [0.25, 0.3) is 33.1 Å². The largest absolute Gasteiger partial charge is 0.481 e. The van der Waals surface area contributed by atoms with Gasteiger partial charge in [0.05, 0.1) is 11.4 Å². The van der Waals surface area contributed by atoms with E-state index in [0.29, 0.717) is 11.9 Å². The third-order valence-corrected chi connectivity index (χ3v) is 7.34. The highest BCUT2D eigenvalue weighted by atomic mass is 32.2. The topological polar surface area (TPSA) is 98.8 Å². The van der Waals surface area contributed by atoms with E-state index in [4.69, 9.17) is 10.1 Å². The number of H-pyrrole nitrogens is 2. The number of pyridine rings is 1. The summed E-state index contributed by atoms with van der Waals surface area (Å²) >= 11 is 3.39. The highest BCUT2D eigenvalue weighted by Crippen LogP contribution is 2.32. The Morgan fingerprint density at radius 1 is 1.16 bits per heavy atom. The molecule has 0 atom stereocenters. The maximum Gasteiger partial charge on any atom is 0.303 e. The van der Waals surface area contributed by atoms with Gasteiger partial charge in [-0.15, -0.1) is 23.1 Å². The van der Waals surface area contributed by atoms with Gasteiger partial charge in [0.25, 0.3) is 5.56 Å². The number of hydrogen-bond acceptors (Lipinski definition) is 5. The van der Waals surface area contributed by atoms with Gasteiger partial charge in [0.2, 0.25) is 0 Å². The Balaban J connectivity index is 1.50. The molecule has 5 rings (SSSR count). The van der Waals surface area contributed by atoms with Gasteiger partial charge in [-0.05, 0) is 36.2 Å². The van der Waals surface area contributed by atoms with Gasteiger partial charge in [-0.2, -0.15) is 0 Å².